The first-order chi connectivity index (χ1) is 19.3. The molecule has 0 aromatic heterocycles. The van der Waals surface area contributed by atoms with Crippen LogP contribution in [-0.4, -0.2) is 103 Å². The molecular weight excluding hydrogens is 573 g/mol. The molecule has 3 rings (SSSR count). The number of carbonyl (C=O) groups excluding carboxylic acids is 2. The molecule has 2 aromatic rings. The Bertz CT molecular complexity index is 1100. The zero-order valence-corrected chi connectivity index (χ0v) is 25.4. The average Bonchev–Trinajstić information content (AvgIpc) is 2.94. The maximum Gasteiger partial charge on any atom is 0.260 e. The molecule has 1 aliphatic heterocycles. The molecule has 1 atom stereocenters. The maximum atomic E-state index is 13.2. The van der Waals surface area contributed by atoms with Crippen molar-refractivity contribution < 1.29 is 18.7 Å². The van der Waals surface area contributed by atoms with Gasteiger partial charge in [-0.3, -0.25) is 14.5 Å². The van der Waals surface area contributed by atoms with Gasteiger partial charge in [0, 0.05) is 74.9 Å². The Hall–Kier alpha value is -2.18. The van der Waals surface area contributed by atoms with E-state index in [1.807, 2.05) is 11.8 Å². The van der Waals surface area contributed by atoms with E-state index in [0.717, 1.165) is 24.4 Å². The lowest BCUT2D eigenvalue weighted by atomic mass is 10.1. The van der Waals surface area contributed by atoms with E-state index in [9.17, 15) is 14.0 Å². The van der Waals surface area contributed by atoms with Crippen LogP contribution in [0.3, 0.4) is 0 Å². The molecule has 0 radical (unpaired) electrons. The second kappa shape index (κ2) is 16.9. The van der Waals surface area contributed by atoms with E-state index in [2.05, 4.69) is 40.8 Å². The molecule has 2 amide bonds. The molecule has 0 unspecified atom stereocenters. The normalized spacial score (nSPS) is 15.6. The molecule has 0 aliphatic carbocycles. The first kappa shape index (κ1) is 32.3. The molecule has 40 heavy (non-hydrogen) atoms. The lowest BCUT2D eigenvalue weighted by Gasteiger charge is -2.39. The van der Waals surface area contributed by atoms with Gasteiger partial charge in [-0.2, -0.15) is 25.3 Å². The quantitative estimate of drug-likeness (QED) is 0.183. The number of nitrogens with zero attached hydrogens (tertiary/aromatic N) is 3. The van der Waals surface area contributed by atoms with Gasteiger partial charge in [0.05, 0.1) is 12.2 Å². The van der Waals surface area contributed by atoms with Crippen LogP contribution < -0.4 is 15.4 Å². The highest BCUT2D eigenvalue weighted by Gasteiger charge is 2.28. The maximum absolute atomic E-state index is 13.2. The third kappa shape index (κ3) is 10.3. The minimum atomic E-state index is -0.248. The summed E-state index contributed by atoms with van der Waals surface area (Å²) >= 11 is 14.7. The van der Waals surface area contributed by atoms with E-state index in [4.69, 9.17) is 16.3 Å². The number of anilines is 1. The average molecular weight is 612 g/mol. The molecular formula is C28H39ClFN5O3S2. The summed E-state index contributed by atoms with van der Waals surface area (Å²) < 4.78 is 19.1. The fourth-order valence-corrected chi connectivity index (χ4v) is 5.14. The van der Waals surface area contributed by atoms with E-state index >= 15 is 0 Å². The number of amides is 2. The van der Waals surface area contributed by atoms with Crippen LogP contribution in [0.2, 0.25) is 5.02 Å². The second-order valence-electron chi connectivity index (χ2n) is 9.66. The largest absolute Gasteiger partial charge is 0.482 e. The van der Waals surface area contributed by atoms with Crippen LogP contribution in [0, 0.1) is 5.82 Å². The second-order valence-corrected chi connectivity index (χ2v) is 11.0. The monoisotopic (exact) mass is 611 g/mol. The molecule has 220 valence electrons. The van der Waals surface area contributed by atoms with Crippen LogP contribution >= 0.6 is 36.9 Å². The zero-order valence-electron chi connectivity index (χ0n) is 22.8. The van der Waals surface area contributed by atoms with E-state index in [1.54, 1.807) is 35.2 Å². The van der Waals surface area contributed by atoms with Gasteiger partial charge in [-0.05, 0) is 42.8 Å². The number of halogens is 2. The van der Waals surface area contributed by atoms with Gasteiger partial charge in [-0.25, -0.2) is 4.39 Å². The molecule has 0 spiro atoms. The highest BCUT2D eigenvalue weighted by atomic mass is 35.5. The SMILES string of the molecule is C[C@@H]1CN(Cc2ccc(F)cc2)CCN1C(=O)COc1ccc(Cl)cc1NCC(=O)N(CCS)CCNCCS. The topological polar surface area (TPSA) is 77.2 Å². The molecule has 2 aromatic carbocycles. The molecule has 1 fully saturated rings. The molecule has 1 saturated heterocycles. The van der Waals surface area contributed by atoms with Crippen molar-refractivity contribution >= 4 is 54.4 Å². The molecule has 0 bridgehead atoms. The number of ether oxygens (including phenoxy) is 1. The van der Waals surface area contributed by atoms with Crippen LogP contribution in [0.5, 0.6) is 5.75 Å². The summed E-state index contributed by atoms with van der Waals surface area (Å²) in [6.45, 7) is 7.21. The number of hydrogen-bond acceptors (Lipinski definition) is 8. The number of piperazine rings is 1. The van der Waals surface area contributed by atoms with Gasteiger partial charge in [0.1, 0.15) is 11.6 Å². The smallest absolute Gasteiger partial charge is 0.260 e. The van der Waals surface area contributed by atoms with Crippen molar-refractivity contribution in [2.24, 2.45) is 0 Å². The predicted octanol–water partition coefficient (Wildman–Crippen LogP) is 3.28. The standard InChI is InChI=1S/C28H39ClFN5O3S2/c1-21-18-33(19-22-2-5-24(30)6-3-22)11-12-35(21)28(37)20-38-26-7-4-23(29)16-25(26)32-17-27(36)34(13-15-40)10-8-31-9-14-39/h2-7,16,21,31-32,39-40H,8-15,17-20H2,1H3/t21-/m1/s1. The van der Waals surface area contributed by atoms with Crippen LogP contribution in [0.1, 0.15) is 12.5 Å². The predicted molar refractivity (Wildman–Crippen MR) is 165 cm³/mol. The molecule has 0 saturated carbocycles. The van der Waals surface area contributed by atoms with Crippen molar-refractivity contribution in [1.82, 2.24) is 20.0 Å². The molecule has 1 aliphatic rings. The summed E-state index contributed by atoms with van der Waals surface area (Å²) in [5.41, 5.74) is 1.58. The third-order valence-electron chi connectivity index (χ3n) is 6.64. The Kier molecular flexibility index (Phi) is 13.7. The van der Waals surface area contributed by atoms with Crippen molar-refractivity contribution in [2.75, 3.05) is 75.8 Å². The summed E-state index contributed by atoms with van der Waals surface area (Å²) in [6, 6.07) is 11.6. The van der Waals surface area contributed by atoms with Crippen molar-refractivity contribution in [1.29, 1.82) is 0 Å². The lowest BCUT2D eigenvalue weighted by Crippen LogP contribution is -2.54. The Balaban J connectivity index is 1.51. The van der Waals surface area contributed by atoms with E-state index in [1.165, 1.54) is 12.1 Å². The van der Waals surface area contributed by atoms with Crippen molar-refractivity contribution in [2.45, 2.75) is 19.5 Å². The van der Waals surface area contributed by atoms with Gasteiger partial charge in [-0.15, -0.1) is 0 Å². The lowest BCUT2D eigenvalue weighted by molar-refractivity contribution is -0.138. The number of benzene rings is 2. The summed E-state index contributed by atoms with van der Waals surface area (Å²) in [5, 5.41) is 6.85. The summed E-state index contributed by atoms with van der Waals surface area (Å²) in [4.78, 5) is 31.7. The van der Waals surface area contributed by atoms with Gasteiger partial charge in [0.2, 0.25) is 5.91 Å². The molecule has 1 heterocycles. The number of thiol groups is 2. The summed E-state index contributed by atoms with van der Waals surface area (Å²) in [5.74, 6) is 1.31. The molecule has 2 N–H and O–H groups in total. The van der Waals surface area contributed by atoms with E-state index in [0.29, 0.717) is 61.5 Å². The fraction of sp³-hybridized carbons (Fsp3) is 0.500. The highest BCUT2D eigenvalue weighted by molar-refractivity contribution is 7.80. The van der Waals surface area contributed by atoms with E-state index in [-0.39, 0.29) is 36.8 Å². The number of hydrogen-bond donors (Lipinski definition) is 4. The summed E-state index contributed by atoms with van der Waals surface area (Å²) in [7, 11) is 0. The molecule has 8 nitrogen and oxygen atoms in total. The summed E-state index contributed by atoms with van der Waals surface area (Å²) in [6.07, 6.45) is 0. The van der Waals surface area contributed by atoms with E-state index < -0.39 is 0 Å². The van der Waals surface area contributed by atoms with Gasteiger partial charge >= 0.3 is 0 Å². The van der Waals surface area contributed by atoms with Crippen molar-refractivity contribution in [3.05, 3.63) is 58.9 Å². The number of rotatable bonds is 15. The van der Waals surface area contributed by atoms with Gasteiger partial charge in [-0.1, -0.05) is 23.7 Å². The van der Waals surface area contributed by atoms with Crippen LogP contribution in [0.15, 0.2) is 42.5 Å². The Morgan fingerprint density at radius 2 is 1.88 bits per heavy atom. The Morgan fingerprint density at radius 3 is 2.58 bits per heavy atom. The Labute approximate surface area is 252 Å². The van der Waals surface area contributed by atoms with Crippen LogP contribution in [0.25, 0.3) is 0 Å². The third-order valence-corrected chi connectivity index (χ3v) is 7.30. The highest BCUT2D eigenvalue weighted by Crippen LogP contribution is 2.28. The van der Waals surface area contributed by atoms with Gasteiger partial charge in [0.15, 0.2) is 6.61 Å². The molecule has 12 heteroatoms. The minimum Gasteiger partial charge on any atom is -0.482 e. The number of carbonyl (C=O) groups is 2. The fourth-order valence-electron chi connectivity index (χ4n) is 4.57. The minimum absolute atomic E-state index is 0.00537. The van der Waals surface area contributed by atoms with Crippen molar-refractivity contribution in [3.63, 3.8) is 0 Å². The van der Waals surface area contributed by atoms with Gasteiger partial charge in [0.25, 0.3) is 5.91 Å². The zero-order chi connectivity index (χ0) is 28.9. The Morgan fingerprint density at radius 1 is 1.10 bits per heavy atom. The van der Waals surface area contributed by atoms with Crippen molar-refractivity contribution in [3.8, 4) is 5.75 Å². The number of nitrogens with one attached hydrogen (secondary N) is 2. The van der Waals surface area contributed by atoms with Gasteiger partial charge < -0.3 is 25.2 Å². The first-order valence-electron chi connectivity index (χ1n) is 13.4. The van der Waals surface area contributed by atoms with Crippen LogP contribution in [0.4, 0.5) is 10.1 Å². The first-order valence-corrected chi connectivity index (χ1v) is 15.1. The van der Waals surface area contributed by atoms with Crippen LogP contribution in [-0.2, 0) is 16.1 Å².